The van der Waals surface area contributed by atoms with Crippen molar-refractivity contribution in [1.29, 1.82) is 0 Å². The first-order chi connectivity index (χ1) is 8.54. The van der Waals surface area contributed by atoms with E-state index < -0.39 is 0 Å². The van der Waals surface area contributed by atoms with Crippen LogP contribution in [0.3, 0.4) is 0 Å². The van der Waals surface area contributed by atoms with Crippen molar-refractivity contribution in [2.24, 2.45) is 5.92 Å². The first-order valence-electron chi connectivity index (χ1n) is 7.18. The van der Waals surface area contributed by atoms with Crippen molar-refractivity contribution in [3.8, 4) is 0 Å². The van der Waals surface area contributed by atoms with Crippen LogP contribution in [0.15, 0.2) is 0 Å². The molecule has 0 spiro atoms. The van der Waals surface area contributed by atoms with Gasteiger partial charge in [0.05, 0.1) is 12.1 Å². The van der Waals surface area contributed by atoms with E-state index in [1.807, 2.05) is 13.8 Å². The summed E-state index contributed by atoms with van der Waals surface area (Å²) >= 11 is 0. The molecule has 0 aliphatic carbocycles. The third-order valence-electron chi connectivity index (χ3n) is 3.42. The fraction of sp³-hybridized carbons (Fsp3) is 0.929. The quantitative estimate of drug-likeness (QED) is 0.785. The molecule has 0 aromatic rings. The van der Waals surface area contributed by atoms with Crippen LogP contribution in [0.25, 0.3) is 0 Å². The number of nitrogens with zero attached hydrogens (tertiary/aromatic N) is 1. The third kappa shape index (κ3) is 4.94. The maximum absolute atomic E-state index is 12.0. The summed E-state index contributed by atoms with van der Waals surface area (Å²) in [6.07, 6.45) is 2.53. The van der Waals surface area contributed by atoms with Crippen molar-refractivity contribution in [3.05, 3.63) is 0 Å². The van der Waals surface area contributed by atoms with Crippen molar-refractivity contribution in [3.63, 3.8) is 0 Å². The molecular weight excluding hydrogens is 228 g/mol. The summed E-state index contributed by atoms with van der Waals surface area (Å²) in [5.74, 6) is 0.638. The van der Waals surface area contributed by atoms with E-state index in [2.05, 4.69) is 24.1 Å². The average Bonchev–Trinajstić information content (AvgIpc) is 2.35. The van der Waals surface area contributed by atoms with Gasteiger partial charge in [-0.2, -0.15) is 0 Å². The highest BCUT2D eigenvalue weighted by atomic mass is 16.5. The molecule has 4 nitrogen and oxygen atoms in total. The lowest BCUT2D eigenvalue weighted by Gasteiger charge is -2.35. The van der Waals surface area contributed by atoms with E-state index >= 15 is 0 Å². The van der Waals surface area contributed by atoms with Gasteiger partial charge in [-0.3, -0.25) is 9.69 Å². The van der Waals surface area contributed by atoms with E-state index in [0.29, 0.717) is 12.0 Å². The number of hydrogen-bond acceptors (Lipinski definition) is 3. The molecule has 1 N–H and O–H groups in total. The predicted molar refractivity (Wildman–Crippen MR) is 73.5 cm³/mol. The van der Waals surface area contributed by atoms with E-state index in [-0.39, 0.29) is 11.9 Å². The molecule has 106 valence electrons. The van der Waals surface area contributed by atoms with E-state index in [0.717, 1.165) is 39.1 Å². The van der Waals surface area contributed by atoms with Gasteiger partial charge >= 0.3 is 0 Å². The third-order valence-corrected chi connectivity index (χ3v) is 3.42. The summed E-state index contributed by atoms with van der Waals surface area (Å²) in [6, 6.07) is -0.0491. The number of hydrogen-bond donors (Lipinski definition) is 1. The Bertz CT molecular complexity index is 254. The Labute approximate surface area is 111 Å². The number of rotatable bonds is 6. The number of likely N-dealkylation sites (tertiary alicyclic amines) is 1. The molecule has 1 heterocycles. The fourth-order valence-electron chi connectivity index (χ4n) is 2.31. The molecule has 1 rings (SSSR count). The lowest BCUT2D eigenvalue weighted by molar-refractivity contribution is -0.127. The van der Waals surface area contributed by atoms with E-state index in [1.54, 1.807) is 0 Å². The molecule has 1 aliphatic rings. The Morgan fingerprint density at radius 2 is 2.17 bits per heavy atom. The van der Waals surface area contributed by atoms with Crippen LogP contribution in [0.2, 0.25) is 0 Å². The normalized spacial score (nSPS) is 23.1. The largest absolute Gasteiger partial charge is 0.377 e. The highest BCUT2D eigenvalue weighted by molar-refractivity contribution is 5.81. The van der Waals surface area contributed by atoms with Crippen LogP contribution < -0.4 is 5.32 Å². The predicted octanol–water partition coefficient (Wildman–Crippen LogP) is 1.65. The molecule has 2 atom stereocenters. The van der Waals surface area contributed by atoms with Gasteiger partial charge in [0.25, 0.3) is 0 Å². The molecule has 0 aromatic heterocycles. The van der Waals surface area contributed by atoms with Gasteiger partial charge < -0.3 is 10.1 Å². The monoisotopic (exact) mass is 256 g/mol. The zero-order valence-corrected chi connectivity index (χ0v) is 12.2. The molecule has 1 aliphatic heterocycles. The van der Waals surface area contributed by atoms with Crippen molar-refractivity contribution in [2.45, 2.75) is 52.7 Å². The van der Waals surface area contributed by atoms with Crippen LogP contribution in [-0.4, -0.2) is 49.2 Å². The zero-order chi connectivity index (χ0) is 13.5. The minimum atomic E-state index is -0.0491. The van der Waals surface area contributed by atoms with Gasteiger partial charge in [0.2, 0.25) is 5.91 Å². The molecule has 0 bridgehead atoms. The standard InChI is InChI=1S/C14H28N2O2/c1-5-18-13-7-6-8-16(10-13)12(4)14(17)15-9-11(2)3/h11-13H,5-10H2,1-4H3,(H,15,17). The van der Waals surface area contributed by atoms with Crippen molar-refractivity contribution in [1.82, 2.24) is 10.2 Å². The summed E-state index contributed by atoms with van der Waals surface area (Å²) in [5.41, 5.74) is 0. The maximum Gasteiger partial charge on any atom is 0.237 e. The van der Waals surface area contributed by atoms with Crippen LogP contribution in [-0.2, 0) is 9.53 Å². The summed E-state index contributed by atoms with van der Waals surface area (Å²) < 4.78 is 5.67. The number of nitrogens with one attached hydrogen (secondary N) is 1. The smallest absolute Gasteiger partial charge is 0.237 e. The summed E-state index contributed by atoms with van der Waals surface area (Å²) in [6.45, 7) is 11.6. The molecule has 1 saturated heterocycles. The van der Waals surface area contributed by atoms with Crippen LogP contribution in [0.1, 0.15) is 40.5 Å². The number of amides is 1. The van der Waals surface area contributed by atoms with Crippen molar-refractivity contribution >= 4 is 5.91 Å². The molecule has 2 unspecified atom stereocenters. The molecule has 1 amide bonds. The number of ether oxygens (including phenoxy) is 1. The van der Waals surface area contributed by atoms with Crippen LogP contribution in [0, 0.1) is 5.92 Å². The van der Waals surface area contributed by atoms with Gasteiger partial charge in [-0.05, 0) is 39.2 Å². The SMILES string of the molecule is CCOC1CCCN(C(C)C(=O)NCC(C)C)C1. The Morgan fingerprint density at radius 1 is 1.44 bits per heavy atom. The number of carbonyl (C=O) groups excluding carboxylic acids is 1. The Hall–Kier alpha value is -0.610. The van der Waals surface area contributed by atoms with Gasteiger partial charge in [-0.15, -0.1) is 0 Å². The molecule has 0 saturated carbocycles. The lowest BCUT2D eigenvalue weighted by atomic mass is 10.1. The lowest BCUT2D eigenvalue weighted by Crippen LogP contribution is -2.51. The number of piperidine rings is 1. The minimum absolute atomic E-state index is 0.0491. The highest BCUT2D eigenvalue weighted by Gasteiger charge is 2.27. The van der Waals surface area contributed by atoms with Gasteiger partial charge in [-0.1, -0.05) is 13.8 Å². The topological polar surface area (TPSA) is 41.6 Å². The van der Waals surface area contributed by atoms with Crippen molar-refractivity contribution < 1.29 is 9.53 Å². The molecule has 18 heavy (non-hydrogen) atoms. The average molecular weight is 256 g/mol. The fourth-order valence-corrected chi connectivity index (χ4v) is 2.31. The second-order valence-corrected chi connectivity index (χ2v) is 5.53. The second-order valence-electron chi connectivity index (χ2n) is 5.53. The highest BCUT2D eigenvalue weighted by Crippen LogP contribution is 2.15. The Balaban J connectivity index is 2.39. The van der Waals surface area contributed by atoms with Gasteiger partial charge in [0.1, 0.15) is 0 Å². The van der Waals surface area contributed by atoms with Crippen LogP contribution in [0.4, 0.5) is 0 Å². The van der Waals surface area contributed by atoms with Gasteiger partial charge in [0.15, 0.2) is 0 Å². The maximum atomic E-state index is 12.0. The molecule has 0 aromatic carbocycles. The van der Waals surface area contributed by atoms with Gasteiger partial charge in [0, 0.05) is 19.7 Å². The van der Waals surface area contributed by atoms with E-state index in [4.69, 9.17) is 4.74 Å². The van der Waals surface area contributed by atoms with E-state index in [9.17, 15) is 4.79 Å². The first-order valence-corrected chi connectivity index (χ1v) is 7.18. The second kappa shape index (κ2) is 7.74. The minimum Gasteiger partial charge on any atom is -0.377 e. The Morgan fingerprint density at radius 3 is 2.78 bits per heavy atom. The Kier molecular flexibility index (Phi) is 6.65. The van der Waals surface area contributed by atoms with Crippen molar-refractivity contribution in [2.75, 3.05) is 26.2 Å². The van der Waals surface area contributed by atoms with Gasteiger partial charge in [-0.25, -0.2) is 0 Å². The van der Waals surface area contributed by atoms with E-state index in [1.165, 1.54) is 0 Å². The molecule has 4 heteroatoms. The zero-order valence-electron chi connectivity index (χ0n) is 12.2. The molecule has 0 radical (unpaired) electrons. The first kappa shape index (κ1) is 15.4. The molecule has 1 fully saturated rings. The summed E-state index contributed by atoms with van der Waals surface area (Å²) in [4.78, 5) is 14.3. The number of carbonyl (C=O) groups is 1. The summed E-state index contributed by atoms with van der Waals surface area (Å²) in [5, 5.41) is 3.00. The summed E-state index contributed by atoms with van der Waals surface area (Å²) in [7, 11) is 0. The van der Waals surface area contributed by atoms with Crippen LogP contribution >= 0.6 is 0 Å². The van der Waals surface area contributed by atoms with Crippen LogP contribution in [0.5, 0.6) is 0 Å². The molecular formula is C14H28N2O2.